The molecule has 0 N–H and O–H groups in total. The number of nitrogens with zero attached hydrogens (tertiary/aromatic N) is 1. The Morgan fingerprint density at radius 2 is 1.76 bits per heavy atom. The maximum Gasteiger partial charge on any atom is 0.0836 e. The fraction of sp³-hybridized carbons (Fsp3) is 0.267. The third-order valence-electron chi connectivity index (χ3n) is 4.00. The van der Waals surface area contributed by atoms with E-state index in [4.69, 9.17) is 0 Å². The summed E-state index contributed by atoms with van der Waals surface area (Å²) in [5.41, 5.74) is 2.30. The van der Waals surface area contributed by atoms with Crippen LogP contribution in [0.5, 0.6) is 0 Å². The van der Waals surface area contributed by atoms with Crippen LogP contribution in [0.2, 0.25) is 18.6 Å². The summed E-state index contributed by atoms with van der Waals surface area (Å²) in [6.45, 7) is 2.51. The van der Waals surface area contributed by atoms with Crippen molar-refractivity contribution >= 4 is 13.3 Å². The van der Waals surface area contributed by atoms with Gasteiger partial charge in [-0.2, -0.15) is 0 Å². The summed E-state index contributed by atoms with van der Waals surface area (Å²) >= 11 is 0. The molecule has 0 unspecified atom stereocenters. The zero-order valence-electron chi connectivity index (χ0n) is 10.2. The van der Waals surface area contributed by atoms with Gasteiger partial charge in [0.15, 0.2) is 0 Å². The van der Waals surface area contributed by atoms with Gasteiger partial charge in [0, 0.05) is 11.8 Å². The van der Waals surface area contributed by atoms with Gasteiger partial charge in [0.2, 0.25) is 0 Å². The normalized spacial score (nSPS) is 17.5. The topological polar surface area (TPSA) is 12.9 Å². The van der Waals surface area contributed by atoms with Gasteiger partial charge in [0.1, 0.15) is 0 Å². The molecule has 0 aliphatic carbocycles. The van der Waals surface area contributed by atoms with Crippen LogP contribution in [0.3, 0.4) is 0 Å². The Kier molecular flexibility index (Phi) is 2.59. The van der Waals surface area contributed by atoms with E-state index in [1.165, 1.54) is 24.1 Å². The van der Waals surface area contributed by atoms with Gasteiger partial charge in [0.05, 0.1) is 13.8 Å². The molecule has 0 amide bonds. The molecule has 0 saturated carbocycles. The van der Waals surface area contributed by atoms with E-state index in [1.807, 2.05) is 18.3 Å². The van der Waals surface area contributed by atoms with Gasteiger partial charge >= 0.3 is 0 Å². The molecule has 86 valence electrons. The van der Waals surface area contributed by atoms with Gasteiger partial charge in [-0.05, 0) is 12.1 Å². The van der Waals surface area contributed by atoms with Crippen LogP contribution >= 0.6 is 0 Å². The third kappa shape index (κ3) is 1.93. The molecule has 1 aliphatic rings. The van der Waals surface area contributed by atoms with Gasteiger partial charge in [-0.3, -0.25) is 4.98 Å². The monoisotopic (exact) mass is 239 g/mol. The van der Waals surface area contributed by atoms with Crippen LogP contribution < -0.4 is 5.19 Å². The molecule has 2 aromatic rings. The second-order valence-electron chi connectivity index (χ2n) is 5.21. The molecule has 1 nitrogen and oxygen atoms in total. The summed E-state index contributed by atoms with van der Waals surface area (Å²) in [6.07, 6.45) is 3.29. The minimum Gasteiger partial charge on any atom is -0.256 e. The van der Waals surface area contributed by atoms with E-state index in [0.29, 0.717) is 0 Å². The van der Waals surface area contributed by atoms with Crippen LogP contribution in [-0.2, 0) is 0 Å². The van der Waals surface area contributed by atoms with Crippen LogP contribution in [0.4, 0.5) is 0 Å². The molecule has 1 aromatic carbocycles. The second-order valence-corrected chi connectivity index (χ2v) is 9.91. The van der Waals surface area contributed by atoms with Crippen molar-refractivity contribution in [2.75, 3.05) is 0 Å². The molecule has 1 aromatic heterocycles. The molecule has 0 atom stereocenters. The lowest BCUT2D eigenvalue weighted by molar-refractivity contribution is 0.917. The SMILES string of the molecule is C[Si]1(c2ccc(-c3ccccn3)cc2)CCC1. The molecule has 0 radical (unpaired) electrons. The Morgan fingerprint density at radius 1 is 1.00 bits per heavy atom. The minimum absolute atomic E-state index is 1.02. The molecule has 2 heterocycles. The maximum absolute atomic E-state index is 4.39. The van der Waals surface area contributed by atoms with Crippen molar-refractivity contribution in [1.29, 1.82) is 0 Å². The Labute approximate surface area is 104 Å². The van der Waals surface area contributed by atoms with Crippen molar-refractivity contribution in [3.8, 4) is 11.3 Å². The molecule has 0 spiro atoms. The summed E-state index contributed by atoms with van der Waals surface area (Å²) in [6, 6.07) is 18.1. The van der Waals surface area contributed by atoms with Crippen LogP contribution in [0, 0.1) is 0 Å². The van der Waals surface area contributed by atoms with Crippen molar-refractivity contribution in [3.05, 3.63) is 48.7 Å². The van der Waals surface area contributed by atoms with Crippen LogP contribution in [0.25, 0.3) is 11.3 Å². The first-order chi connectivity index (χ1) is 8.28. The largest absolute Gasteiger partial charge is 0.256 e. The van der Waals surface area contributed by atoms with Gasteiger partial charge in [0.25, 0.3) is 0 Å². The lowest BCUT2D eigenvalue weighted by Crippen LogP contribution is -2.50. The highest BCUT2D eigenvalue weighted by atomic mass is 28.3. The molecule has 1 fully saturated rings. The molecule has 1 saturated heterocycles. The van der Waals surface area contributed by atoms with E-state index >= 15 is 0 Å². The Morgan fingerprint density at radius 3 is 2.29 bits per heavy atom. The fourth-order valence-corrected chi connectivity index (χ4v) is 5.54. The predicted octanol–water partition coefficient (Wildman–Crippen LogP) is 3.44. The molecule has 2 heteroatoms. The summed E-state index contributed by atoms with van der Waals surface area (Å²) in [7, 11) is -1.02. The number of hydrogen-bond donors (Lipinski definition) is 0. The quantitative estimate of drug-likeness (QED) is 0.732. The van der Waals surface area contributed by atoms with Crippen molar-refractivity contribution in [1.82, 2.24) is 4.98 Å². The number of rotatable bonds is 2. The van der Waals surface area contributed by atoms with Gasteiger partial charge in [-0.15, -0.1) is 0 Å². The zero-order chi connectivity index (χ0) is 11.7. The average Bonchev–Trinajstić information content (AvgIpc) is 2.37. The molecule has 1 aliphatic heterocycles. The average molecular weight is 239 g/mol. The van der Waals surface area contributed by atoms with Crippen molar-refractivity contribution in [2.24, 2.45) is 0 Å². The fourth-order valence-electron chi connectivity index (χ4n) is 2.57. The van der Waals surface area contributed by atoms with E-state index in [9.17, 15) is 0 Å². The number of aromatic nitrogens is 1. The lowest BCUT2D eigenvalue weighted by Gasteiger charge is -2.36. The summed E-state index contributed by atoms with van der Waals surface area (Å²) in [5, 5.41) is 1.61. The minimum atomic E-state index is -1.02. The lowest BCUT2D eigenvalue weighted by atomic mass is 10.1. The van der Waals surface area contributed by atoms with E-state index in [2.05, 4.69) is 41.9 Å². The summed E-state index contributed by atoms with van der Waals surface area (Å²) in [5.74, 6) is 0. The maximum atomic E-state index is 4.39. The molecule has 3 rings (SSSR count). The third-order valence-corrected chi connectivity index (χ3v) is 8.64. The number of benzene rings is 1. The van der Waals surface area contributed by atoms with Crippen molar-refractivity contribution in [2.45, 2.75) is 25.1 Å². The molecule has 0 bridgehead atoms. The highest BCUT2D eigenvalue weighted by Crippen LogP contribution is 2.31. The van der Waals surface area contributed by atoms with Crippen LogP contribution in [0.15, 0.2) is 48.7 Å². The van der Waals surface area contributed by atoms with E-state index in [1.54, 1.807) is 5.19 Å². The predicted molar refractivity (Wildman–Crippen MR) is 75.2 cm³/mol. The Bertz CT molecular complexity index is 500. The first-order valence-corrected chi connectivity index (χ1v) is 9.21. The number of hydrogen-bond acceptors (Lipinski definition) is 1. The highest BCUT2D eigenvalue weighted by molar-refractivity contribution is 6.92. The first kappa shape index (κ1) is 10.7. The summed E-state index contributed by atoms with van der Waals surface area (Å²) < 4.78 is 0. The Hall–Kier alpha value is -1.41. The van der Waals surface area contributed by atoms with E-state index in [0.717, 1.165) is 5.69 Å². The standard InChI is InChI=1S/C15H17NSi/c1-17(11-4-12-17)14-8-6-13(7-9-14)15-5-2-3-10-16-15/h2-3,5-10H,4,11-12H2,1H3. The Balaban J connectivity index is 1.90. The molecule has 17 heavy (non-hydrogen) atoms. The highest BCUT2D eigenvalue weighted by Gasteiger charge is 2.35. The summed E-state index contributed by atoms with van der Waals surface area (Å²) in [4.78, 5) is 4.39. The van der Waals surface area contributed by atoms with E-state index < -0.39 is 8.07 Å². The van der Waals surface area contributed by atoms with Crippen LogP contribution in [-0.4, -0.2) is 13.1 Å². The smallest absolute Gasteiger partial charge is 0.0836 e. The number of pyridine rings is 1. The zero-order valence-corrected chi connectivity index (χ0v) is 11.2. The second kappa shape index (κ2) is 4.11. The van der Waals surface area contributed by atoms with Crippen molar-refractivity contribution < 1.29 is 0 Å². The van der Waals surface area contributed by atoms with Crippen LogP contribution in [0.1, 0.15) is 6.42 Å². The molecular formula is C15H17NSi. The van der Waals surface area contributed by atoms with Gasteiger partial charge < -0.3 is 0 Å². The first-order valence-electron chi connectivity index (χ1n) is 6.30. The van der Waals surface area contributed by atoms with Gasteiger partial charge in [-0.25, -0.2) is 0 Å². The molecular weight excluding hydrogens is 222 g/mol. The van der Waals surface area contributed by atoms with E-state index in [-0.39, 0.29) is 0 Å². The van der Waals surface area contributed by atoms with Crippen molar-refractivity contribution in [3.63, 3.8) is 0 Å². The van der Waals surface area contributed by atoms with Gasteiger partial charge in [-0.1, -0.05) is 60.6 Å².